The zero-order chi connectivity index (χ0) is 19.7. The molecule has 3 fully saturated rings. The molecule has 28 heavy (non-hydrogen) atoms. The first kappa shape index (κ1) is 18.6. The second kappa shape index (κ2) is 7.69. The summed E-state index contributed by atoms with van der Waals surface area (Å²) >= 11 is 0. The van der Waals surface area contributed by atoms with Crippen molar-refractivity contribution in [2.75, 3.05) is 33.4 Å². The molecule has 8 nitrogen and oxygen atoms in total. The number of methoxy groups -OCH3 is 1. The second-order valence-corrected chi connectivity index (χ2v) is 7.71. The summed E-state index contributed by atoms with van der Waals surface area (Å²) in [5.74, 6) is 0.706. The van der Waals surface area contributed by atoms with Gasteiger partial charge in [0.05, 0.1) is 25.7 Å². The number of likely N-dealkylation sites (tertiary alicyclic amines) is 2. The van der Waals surface area contributed by atoms with Gasteiger partial charge in [-0.3, -0.25) is 9.59 Å². The number of nitrogens with zero attached hydrogens (tertiary/aromatic N) is 2. The maximum absolute atomic E-state index is 13.0. The van der Waals surface area contributed by atoms with Gasteiger partial charge in [-0.15, -0.1) is 0 Å². The second-order valence-electron chi connectivity index (χ2n) is 7.71. The predicted molar refractivity (Wildman–Crippen MR) is 99.5 cm³/mol. The molecule has 0 bridgehead atoms. The SMILES string of the molecule is COc1ccc(CN2CC(C(=O)N3CC[C@@H]4COC(=O)N[C@H]4C3)CC2=O)cc1. The number of carbonyl (C=O) groups excluding carboxylic acids is 3. The summed E-state index contributed by atoms with van der Waals surface area (Å²) in [6.45, 7) is 2.47. The van der Waals surface area contributed by atoms with Crippen molar-refractivity contribution in [3.63, 3.8) is 0 Å². The fourth-order valence-electron chi connectivity index (χ4n) is 4.24. The number of benzene rings is 1. The number of ether oxygens (including phenoxy) is 2. The molecule has 3 atom stereocenters. The van der Waals surface area contributed by atoms with Crippen LogP contribution in [0.3, 0.4) is 0 Å². The minimum absolute atomic E-state index is 0.00317. The Morgan fingerprint density at radius 2 is 2.04 bits per heavy atom. The first-order chi connectivity index (χ1) is 13.5. The third kappa shape index (κ3) is 3.76. The molecule has 3 saturated heterocycles. The number of carbonyl (C=O) groups is 3. The highest BCUT2D eigenvalue weighted by molar-refractivity contribution is 5.89. The summed E-state index contributed by atoms with van der Waals surface area (Å²) < 4.78 is 10.2. The normalized spacial score (nSPS) is 27.1. The number of piperidine rings is 1. The Kier molecular flexibility index (Phi) is 5.11. The van der Waals surface area contributed by atoms with Crippen LogP contribution in [0.1, 0.15) is 18.4 Å². The van der Waals surface area contributed by atoms with E-state index in [2.05, 4.69) is 5.32 Å². The van der Waals surface area contributed by atoms with Crippen LogP contribution in [0.2, 0.25) is 0 Å². The Bertz CT molecular complexity index is 766. The first-order valence-corrected chi connectivity index (χ1v) is 9.66. The van der Waals surface area contributed by atoms with E-state index in [-0.39, 0.29) is 36.1 Å². The molecular formula is C20H25N3O5. The maximum atomic E-state index is 13.0. The third-order valence-electron chi connectivity index (χ3n) is 5.90. The third-order valence-corrected chi connectivity index (χ3v) is 5.90. The molecule has 150 valence electrons. The zero-order valence-corrected chi connectivity index (χ0v) is 15.9. The van der Waals surface area contributed by atoms with Gasteiger partial charge in [-0.2, -0.15) is 0 Å². The molecule has 1 aromatic rings. The Morgan fingerprint density at radius 3 is 2.79 bits per heavy atom. The van der Waals surface area contributed by atoms with Gasteiger partial charge in [-0.1, -0.05) is 12.1 Å². The largest absolute Gasteiger partial charge is 0.497 e. The van der Waals surface area contributed by atoms with Crippen LogP contribution in [0.25, 0.3) is 0 Å². The van der Waals surface area contributed by atoms with Crippen LogP contribution in [0, 0.1) is 11.8 Å². The number of hydrogen-bond donors (Lipinski definition) is 1. The quantitative estimate of drug-likeness (QED) is 0.833. The molecule has 4 rings (SSSR count). The van der Waals surface area contributed by atoms with E-state index in [1.165, 1.54) is 0 Å². The van der Waals surface area contributed by atoms with Crippen molar-refractivity contribution in [2.45, 2.75) is 25.4 Å². The lowest BCUT2D eigenvalue weighted by atomic mass is 9.90. The zero-order valence-electron chi connectivity index (χ0n) is 15.9. The van der Waals surface area contributed by atoms with Crippen LogP contribution < -0.4 is 10.1 Å². The van der Waals surface area contributed by atoms with Crippen LogP contribution >= 0.6 is 0 Å². The molecule has 3 aliphatic rings. The average Bonchev–Trinajstić information content (AvgIpc) is 3.07. The number of amides is 3. The first-order valence-electron chi connectivity index (χ1n) is 9.66. The van der Waals surface area contributed by atoms with Crippen LogP contribution in [0.4, 0.5) is 4.79 Å². The van der Waals surface area contributed by atoms with Crippen molar-refractivity contribution in [1.82, 2.24) is 15.1 Å². The van der Waals surface area contributed by atoms with Crippen LogP contribution in [-0.4, -0.2) is 67.1 Å². The highest BCUT2D eigenvalue weighted by atomic mass is 16.6. The minimum Gasteiger partial charge on any atom is -0.497 e. The number of hydrogen-bond acceptors (Lipinski definition) is 5. The Hall–Kier alpha value is -2.77. The van der Waals surface area contributed by atoms with Gasteiger partial charge in [0.15, 0.2) is 0 Å². The fourth-order valence-corrected chi connectivity index (χ4v) is 4.24. The average molecular weight is 387 g/mol. The number of nitrogens with one attached hydrogen (secondary N) is 1. The van der Waals surface area contributed by atoms with Gasteiger partial charge in [0.25, 0.3) is 0 Å². The van der Waals surface area contributed by atoms with E-state index in [1.807, 2.05) is 24.3 Å². The molecule has 1 aromatic carbocycles. The van der Waals surface area contributed by atoms with Crippen LogP contribution in [-0.2, 0) is 20.9 Å². The summed E-state index contributed by atoms with van der Waals surface area (Å²) in [7, 11) is 1.61. The Balaban J connectivity index is 1.35. The van der Waals surface area contributed by atoms with E-state index in [0.717, 1.165) is 17.7 Å². The van der Waals surface area contributed by atoms with E-state index >= 15 is 0 Å². The van der Waals surface area contributed by atoms with Crippen molar-refractivity contribution in [3.8, 4) is 5.75 Å². The molecule has 3 aliphatic heterocycles. The van der Waals surface area contributed by atoms with Gasteiger partial charge >= 0.3 is 6.09 Å². The molecule has 0 radical (unpaired) electrons. The van der Waals surface area contributed by atoms with E-state index in [0.29, 0.717) is 32.8 Å². The van der Waals surface area contributed by atoms with E-state index < -0.39 is 6.09 Å². The summed E-state index contributed by atoms with van der Waals surface area (Å²) in [4.78, 5) is 40.4. The van der Waals surface area contributed by atoms with Gasteiger partial charge in [-0.25, -0.2) is 4.79 Å². The van der Waals surface area contributed by atoms with E-state index in [9.17, 15) is 14.4 Å². The molecule has 0 aromatic heterocycles. The smallest absolute Gasteiger partial charge is 0.407 e. The maximum Gasteiger partial charge on any atom is 0.407 e. The highest BCUT2D eigenvalue weighted by Gasteiger charge is 2.41. The monoisotopic (exact) mass is 387 g/mol. The van der Waals surface area contributed by atoms with Gasteiger partial charge in [-0.05, 0) is 24.1 Å². The Morgan fingerprint density at radius 1 is 1.25 bits per heavy atom. The summed E-state index contributed by atoms with van der Waals surface area (Å²) in [6.07, 6.45) is 0.624. The molecule has 8 heteroatoms. The molecular weight excluding hydrogens is 362 g/mol. The number of alkyl carbamates (subject to hydrolysis) is 1. The van der Waals surface area contributed by atoms with Gasteiger partial charge in [0.2, 0.25) is 11.8 Å². The lowest BCUT2D eigenvalue weighted by molar-refractivity contribution is -0.138. The highest BCUT2D eigenvalue weighted by Crippen LogP contribution is 2.27. The van der Waals surface area contributed by atoms with Crippen molar-refractivity contribution in [2.24, 2.45) is 11.8 Å². The standard InChI is InChI=1S/C20H25N3O5/c1-27-16-4-2-13(3-5-16)9-23-10-15(8-18(23)24)19(25)22-7-6-14-12-28-20(26)21-17(14)11-22/h2-5,14-15,17H,6-12H2,1H3,(H,21,26)/t14-,15?,17+/m1/s1. The topological polar surface area (TPSA) is 88.2 Å². The number of cyclic esters (lactones) is 1. The molecule has 3 amide bonds. The van der Waals surface area contributed by atoms with E-state index in [1.54, 1.807) is 16.9 Å². The molecule has 1 unspecified atom stereocenters. The van der Waals surface area contributed by atoms with Gasteiger partial charge in [0, 0.05) is 38.5 Å². The van der Waals surface area contributed by atoms with Crippen molar-refractivity contribution in [3.05, 3.63) is 29.8 Å². The predicted octanol–water partition coefficient (Wildman–Crippen LogP) is 1.00. The summed E-state index contributed by atoms with van der Waals surface area (Å²) in [5.41, 5.74) is 1.01. The van der Waals surface area contributed by atoms with Crippen molar-refractivity contribution in [1.29, 1.82) is 0 Å². The summed E-state index contributed by atoms with van der Waals surface area (Å²) in [5, 5.41) is 2.81. The molecule has 1 N–H and O–H groups in total. The lowest BCUT2D eigenvalue weighted by Gasteiger charge is -2.41. The minimum atomic E-state index is -0.419. The number of fused-ring (bicyclic) bond motifs is 1. The number of rotatable bonds is 4. The molecule has 3 heterocycles. The molecule has 0 aliphatic carbocycles. The van der Waals surface area contributed by atoms with Crippen molar-refractivity contribution < 1.29 is 23.9 Å². The Labute approximate surface area is 163 Å². The fraction of sp³-hybridized carbons (Fsp3) is 0.550. The molecule has 0 spiro atoms. The summed E-state index contributed by atoms with van der Waals surface area (Å²) in [6, 6.07) is 7.53. The van der Waals surface area contributed by atoms with Crippen LogP contribution in [0.15, 0.2) is 24.3 Å². The van der Waals surface area contributed by atoms with Crippen molar-refractivity contribution >= 4 is 17.9 Å². The van der Waals surface area contributed by atoms with Gasteiger partial charge < -0.3 is 24.6 Å². The molecule has 0 saturated carbocycles. The van der Waals surface area contributed by atoms with Crippen LogP contribution in [0.5, 0.6) is 5.75 Å². The van der Waals surface area contributed by atoms with E-state index in [4.69, 9.17) is 9.47 Å². The lowest BCUT2D eigenvalue weighted by Crippen LogP contribution is -2.59. The van der Waals surface area contributed by atoms with Gasteiger partial charge in [0.1, 0.15) is 5.75 Å².